The fraction of sp³-hybridized carbons (Fsp3) is 0.550. The molecule has 0 radical (unpaired) electrons. The van der Waals surface area contributed by atoms with Crippen molar-refractivity contribution in [2.75, 3.05) is 0 Å². The summed E-state index contributed by atoms with van der Waals surface area (Å²) < 4.78 is 0. The Kier molecular flexibility index (Phi) is 5.80. The van der Waals surface area contributed by atoms with Gasteiger partial charge in [0, 0.05) is 18.0 Å². The number of benzene rings is 1. The number of rotatable bonds is 7. The molecule has 1 unspecified atom stereocenters. The maximum absolute atomic E-state index is 4.43. The van der Waals surface area contributed by atoms with E-state index in [1.165, 1.54) is 22.6 Å². The van der Waals surface area contributed by atoms with E-state index >= 15 is 0 Å². The van der Waals surface area contributed by atoms with Crippen molar-refractivity contribution in [3.63, 3.8) is 0 Å². The standard InChI is InChI=1S/C20H29NS/c1-6-18(15(2)3)17-9-7-16(8-10-17)13-20(4,5)14-19-21-11-12-22-19/h7-12,15,18H,6,13-14H2,1-5H3. The molecule has 0 aliphatic rings. The Morgan fingerprint density at radius 3 is 2.27 bits per heavy atom. The van der Waals surface area contributed by atoms with E-state index < -0.39 is 0 Å². The molecule has 120 valence electrons. The Hall–Kier alpha value is -1.15. The summed E-state index contributed by atoms with van der Waals surface area (Å²) in [5.74, 6) is 1.38. The monoisotopic (exact) mass is 315 g/mol. The summed E-state index contributed by atoms with van der Waals surface area (Å²) in [5, 5.41) is 3.31. The SMILES string of the molecule is CCC(c1ccc(CC(C)(C)Cc2nccs2)cc1)C(C)C. The molecule has 1 atom stereocenters. The van der Waals surface area contributed by atoms with E-state index in [9.17, 15) is 0 Å². The van der Waals surface area contributed by atoms with Crippen LogP contribution >= 0.6 is 11.3 Å². The first-order chi connectivity index (χ1) is 10.4. The van der Waals surface area contributed by atoms with Crippen molar-refractivity contribution in [3.8, 4) is 0 Å². The van der Waals surface area contributed by atoms with E-state index in [2.05, 4.69) is 69.2 Å². The lowest BCUT2D eigenvalue weighted by Gasteiger charge is -2.24. The highest BCUT2D eigenvalue weighted by Crippen LogP contribution is 2.30. The molecular formula is C20H29NS. The van der Waals surface area contributed by atoms with E-state index in [1.54, 1.807) is 11.3 Å². The van der Waals surface area contributed by atoms with Crippen LogP contribution in [0.25, 0.3) is 0 Å². The van der Waals surface area contributed by atoms with E-state index in [-0.39, 0.29) is 5.41 Å². The summed E-state index contributed by atoms with van der Waals surface area (Å²) in [5.41, 5.74) is 3.17. The van der Waals surface area contributed by atoms with Gasteiger partial charge in [-0.15, -0.1) is 11.3 Å². The van der Waals surface area contributed by atoms with Crippen LogP contribution in [0, 0.1) is 11.3 Å². The molecule has 2 aromatic rings. The Bertz CT molecular complexity index is 552. The molecule has 0 bridgehead atoms. The Labute approximate surface area is 139 Å². The Morgan fingerprint density at radius 2 is 1.77 bits per heavy atom. The maximum atomic E-state index is 4.43. The zero-order chi connectivity index (χ0) is 16.2. The van der Waals surface area contributed by atoms with Crippen LogP contribution in [-0.4, -0.2) is 4.98 Å². The van der Waals surface area contributed by atoms with Crippen LogP contribution in [0.4, 0.5) is 0 Å². The van der Waals surface area contributed by atoms with Gasteiger partial charge < -0.3 is 0 Å². The maximum Gasteiger partial charge on any atom is 0.0930 e. The van der Waals surface area contributed by atoms with Gasteiger partial charge in [-0.25, -0.2) is 4.98 Å². The summed E-state index contributed by atoms with van der Waals surface area (Å²) >= 11 is 1.76. The smallest absolute Gasteiger partial charge is 0.0930 e. The molecule has 2 heteroatoms. The van der Waals surface area contributed by atoms with Crippen molar-refractivity contribution < 1.29 is 0 Å². The fourth-order valence-corrected chi connectivity index (χ4v) is 4.21. The molecule has 0 saturated heterocycles. The highest BCUT2D eigenvalue weighted by Gasteiger charge is 2.21. The minimum Gasteiger partial charge on any atom is -0.250 e. The van der Waals surface area contributed by atoms with Crippen LogP contribution in [-0.2, 0) is 12.8 Å². The number of aromatic nitrogens is 1. The number of hydrogen-bond acceptors (Lipinski definition) is 2. The summed E-state index contributed by atoms with van der Waals surface area (Å²) in [4.78, 5) is 4.43. The van der Waals surface area contributed by atoms with Gasteiger partial charge in [0.1, 0.15) is 0 Å². The second-order valence-corrected chi connectivity index (χ2v) is 8.42. The van der Waals surface area contributed by atoms with Crippen LogP contribution in [0.1, 0.15) is 63.1 Å². The Balaban J connectivity index is 2.04. The molecule has 2 rings (SSSR count). The lowest BCUT2D eigenvalue weighted by atomic mass is 9.81. The lowest BCUT2D eigenvalue weighted by Crippen LogP contribution is -2.18. The summed E-state index contributed by atoms with van der Waals surface area (Å²) in [6.45, 7) is 11.6. The second-order valence-electron chi connectivity index (χ2n) is 7.44. The molecule has 22 heavy (non-hydrogen) atoms. The zero-order valence-corrected chi connectivity index (χ0v) is 15.4. The summed E-state index contributed by atoms with van der Waals surface area (Å²) in [6, 6.07) is 9.32. The molecule has 0 fully saturated rings. The van der Waals surface area contributed by atoms with Gasteiger partial charge in [0.25, 0.3) is 0 Å². The molecule has 0 aliphatic heterocycles. The zero-order valence-electron chi connectivity index (χ0n) is 14.6. The lowest BCUT2D eigenvalue weighted by molar-refractivity contribution is 0.360. The average Bonchev–Trinajstić information content (AvgIpc) is 2.92. The van der Waals surface area contributed by atoms with E-state index in [0.29, 0.717) is 11.8 Å². The first-order valence-electron chi connectivity index (χ1n) is 8.38. The van der Waals surface area contributed by atoms with Gasteiger partial charge in [-0.3, -0.25) is 0 Å². The van der Waals surface area contributed by atoms with Crippen LogP contribution in [0.3, 0.4) is 0 Å². The normalized spacial score (nSPS) is 13.5. The molecule has 1 nitrogen and oxygen atoms in total. The predicted molar refractivity (Wildman–Crippen MR) is 97.6 cm³/mol. The van der Waals surface area contributed by atoms with Crippen molar-refractivity contribution in [1.29, 1.82) is 0 Å². The predicted octanol–water partition coefficient (Wildman–Crippen LogP) is 6.10. The highest BCUT2D eigenvalue weighted by atomic mass is 32.1. The molecule has 0 amide bonds. The van der Waals surface area contributed by atoms with Crippen LogP contribution in [0.15, 0.2) is 35.8 Å². The molecule has 1 heterocycles. The number of nitrogens with zero attached hydrogens (tertiary/aromatic N) is 1. The molecule has 1 aromatic heterocycles. The largest absolute Gasteiger partial charge is 0.250 e. The Morgan fingerprint density at radius 1 is 1.09 bits per heavy atom. The fourth-order valence-electron chi connectivity index (χ4n) is 3.34. The van der Waals surface area contributed by atoms with Gasteiger partial charge in [-0.2, -0.15) is 0 Å². The number of hydrogen-bond donors (Lipinski definition) is 0. The average molecular weight is 316 g/mol. The van der Waals surface area contributed by atoms with E-state index in [1.807, 2.05) is 6.20 Å². The molecule has 0 spiro atoms. The van der Waals surface area contributed by atoms with Crippen molar-refractivity contribution >= 4 is 11.3 Å². The highest BCUT2D eigenvalue weighted by molar-refractivity contribution is 7.09. The molecule has 0 saturated carbocycles. The van der Waals surface area contributed by atoms with Gasteiger partial charge in [0.2, 0.25) is 0 Å². The van der Waals surface area contributed by atoms with E-state index in [0.717, 1.165) is 12.8 Å². The van der Waals surface area contributed by atoms with Gasteiger partial charge >= 0.3 is 0 Å². The third-order valence-electron chi connectivity index (χ3n) is 4.45. The third kappa shape index (κ3) is 4.67. The van der Waals surface area contributed by atoms with Gasteiger partial charge in [-0.05, 0) is 41.2 Å². The van der Waals surface area contributed by atoms with E-state index in [4.69, 9.17) is 0 Å². The van der Waals surface area contributed by atoms with Crippen LogP contribution < -0.4 is 0 Å². The summed E-state index contributed by atoms with van der Waals surface area (Å²) in [7, 11) is 0. The van der Waals surface area contributed by atoms with Crippen molar-refractivity contribution in [3.05, 3.63) is 52.0 Å². The van der Waals surface area contributed by atoms with Crippen LogP contribution in [0.2, 0.25) is 0 Å². The van der Waals surface area contributed by atoms with Crippen molar-refractivity contribution in [1.82, 2.24) is 4.98 Å². The number of thiazole rings is 1. The van der Waals surface area contributed by atoms with Gasteiger partial charge in [0.15, 0.2) is 0 Å². The molecule has 1 aromatic carbocycles. The minimum atomic E-state index is 0.252. The summed E-state index contributed by atoms with van der Waals surface area (Å²) in [6.07, 6.45) is 5.27. The molecular weight excluding hydrogens is 286 g/mol. The quantitative estimate of drug-likeness (QED) is 0.601. The van der Waals surface area contributed by atoms with Crippen molar-refractivity contribution in [2.24, 2.45) is 11.3 Å². The van der Waals surface area contributed by atoms with Crippen LogP contribution in [0.5, 0.6) is 0 Å². The topological polar surface area (TPSA) is 12.9 Å². The molecule has 0 N–H and O–H groups in total. The second kappa shape index (κ2) is 7.41. The third-order valence-corrected chi connectivity index (χ3v) is 5.23. The van der Waals surface area contributed by atoms with Crippen molar-refractivity contribution in [2.45, 2.75) is 59.8 Å². The first-order valence-corrected chi connectivity index (χ1v) is 9.26. The first kappa shape index (κ1) is 17.2. The minimum absolute atomic E-state index is 0.252. The van der Waals surface area contributed by atoms with Gasteiger partial charge in [0.05, 0.1) is 5.01 Å². The van der Waals surface area contributed by atoms with Gasteiger partial charge in [-0.1, -0.05) is 58.9 Å². The molecule has 0 aliphatic carbocycles.